The van der Waals surface area contributed by atoms with Crippen molar-refractivity contribution in [2.24, 2.45) is 0 Å². The molecule has 2 bridgehead atoms. The van der Waals surface area contributed by atoms with Gasteiger partial charge in [0.15, 0.2) is 23.0 Å². The summed E-state index contributed by atoms with van der Waals surface area (Å²) >= 11 is 0. The number of nitriles is 1. The Morgan fingerprint density at radius 3 is 1.44 bits per heavy atom. The molecular formula is C58H38N4O2. The summed E-state index contributed by atoms with van der Waals surface area (Å²) in [7, 11) is 0. The van der Waals surface area contributed by atoms with Crippen LogP contribution in [0.1, 0.15) is 54.2 Å². The number of hydrogen-bond acceptors (Lipinski definition) is 5. The van der Waals surface area contributed by atoms with E-state index in [9.17, 15) is 11.8 Å². The molecule has 0 N–H and O–H groups in total. The zero-order valence-corrected chi connectivity index (χ0v) is 34.8. The monoisotopic (exact) mass is 822 g/mol. The van der Waals surface area contributed by atoms with Gasteiger partial charge in [0, 0.05) is 10.8 Å². The Hall–Kier alpha value is -8.32. The minimum atomic E-state index is 0.182. The van der Waals surface area contributed by atoms with Gasteiger partial charge in [-0.2, -0.15) is 5.26 Å². The predicted octanol–water partition coefficient (Wildman–Crippen LogP) is 16.7. The summed E-state index contributed by atoms with van der Waals surface area (Å²) in [4.78, 5) is 9.06. The van der Waals surface area contributed by atoms with E-state index in [1.165, 1.54) is 0 Å². The van der Waals surface area contributed by atoms with E-state index < -0.39 is 0 Å². The van der Waals surface area contributed by atoms with E-state index in [-0.39, 0.29) is 11.8 Å². The van der Waals surface area contributed by atoms with Gasteiger partial charge in [0.1, 0.15) is 6.07 Å². The summed E-state index contributed by atoms with van der Waals surface area (Å²) in [5, 5.41) is 15.9. The van der Waals surface area contributed by atoms with Crippen LogP contribution in [0.25, 0.3) is 48.6 Å². The van der Waals surface area contributed by atoms with Gasteiger partial charge in [-0.15, -0.1) is 0 Å². The first-order chi connectivity index (χ1) is 31.7. The first-order valence-corrected chi connectivity index (χ1v) is 22.1. The Morgan fingerprint density at radius 2 is 0.938 bits per heavy atom. The van der Waals surface area contributed by atoms with Crippen molar-refractivity contribution in [1.82, 2.24) is 0 Å². The molecule has 0 amide bonds. The highest BCUT2D eigenvalue weighted by molar-refractivity contribution is 6.10. The molecule has 302 valence electrons. The Kier molecular flexibility index (Phi) is 8.01. The second kappa shape index (κ2) is 14.1. The van der Waals surface area contributed by atoms with E-state index in [0.29, 0.717) is 45.6 Å². The van der Waals surface area contributed by atoms with Crippen molar-refractivity contribution < 1.29 is 9.47 Å². The average molecular weight is 823 g/mol. The normalized spacial score (nSPS) is 16.3. The summed E-state index contributed by atoms with van der Waals surface area (Å²) in [6.45, 7) is 9.27. The average Bonchev–Trinajstić information content (AvgIpc) is 3.37. The van der Waals surface area contributed by atoms with E-state index in [1.54, 1.807) is 0 Å². The van der Waals surface area contributed by atoms with Gasteiger partial charge < -0.3 is 19.3 Å². The molecule has 0 saturated heterocycles. The van der Waals surface area contributed by atoms with Crippen LogP contribution in [0.15, 0.2) is 170 Å². The highest BCUT2D eigenvalue weighted by Gasteiger charge is 2.44. The van der Waals surface area contributed by atoms with Gasteiger partial charge in [-0.05, 0) is 118 Å². The molecule has 9 aromatic rings. The summed E-state index contributed by atoms with van der Waals surface area (Å²) in [6, 6.07) is 61.3. The van der Waals surface area contributed by atoms with Crippen molar-refractivity contribution >= 4 is 61.4 Å². The third-order valence-electron chi connectivity index (χ3n) is 14.0. The Bertz CT molecular complexity index is 3270. The number of nitrogens with zero attached hydrogens (tertiary/aromatic N) is 4. The van der Waals surface area contributed by atoms with Crippen molar-refractivity contribution in [2.75, 3.05) is 9.80 Å². The first-order valence-electron chi connectivity index (χ1n) is 22.1. The number of ether oxygens (including phenoxy) is 2. The third-order valence-corrected chi connectivity index (χ3v) is 14.0. The Morgan fingerprint density at radius 1 is 0.484 bits per heavy atom. The van der Waals surface area contributed by atoms with Crippen molar-refractivity contribution in [1.29, 1.82) is 5.26 Å². The highest BCUT2D eigenvalue weighted by Crippen LogP contribution is 2.66. The summed E-state index contributed by atoms with van der Waals surface area (Å²) < 4.78 is 14.2. The van der Waals surface area contributed by atoms with Crippen LogP contribution in [0, 0.1) is 17.9 Å². The van der Waals surface area contributed by atoms with Crippen LogP contribution in [0.3, 0.4) is 0 Å². The summed E-state index contributed by atoms with van der Waals surface area (Å²) in [5.74, 6) is 3.12. The molecule has 9 aromatic carbocycles. The smallest absolute Gasteiger partial charge is 0.216 e. The molecule has 14 rings (SSSR count). The minimum absolute atomic E-state index is 0.182. The molecular weight excluding hydrogens is 785 g/mol. The van der Waals surface area contributed by atoms with E-state index in [1.807, 2.05) is 60.7 Å². The zero-order valence-electron chi connectivity index (χ0n) is 34.8. The van der Waals surface area contributed by atoms with Gasteiger partial charge >= 0.3 is 0 Å². The predicted molar refractivity (Wildman–Crippen MR) is 257 cm³/mol. The SMILES string of the molecule is [C-]#[N+]c1c2c(c(C#N)c(N3c4ccc(-c5ccccc5)cc4Oc4c3ccc3ccccc43)c1N1c3ccc(-c4ccccc4)cc3Oc3c1ccc1ccccc31)C1CCC2CC1. The quantitative estimate of drug-likeness (QED) is 0.166. The van der Waals surface area contributed by atoms with E-state index in [4.69, 9.17) is 9.47 Å². The van der Waals surface area contributed by atoms with Crippen LogP contribution in [0.4, 0.5) is 39.8 Å². The number of benzene rings is 9. The fourth-order valence-electron chi connectivity index (χ4n) is 11.1. The fourth-order valence-corrected chi connectivity index (χ4v) is 11.1. The Labute approximate surface area is 371 Å². The lowest BCUT2D eigenvalue weighted by Crippen LogP contribution is -2.28. The Balaban J connectivity index is 1.17. The molecule has 1 saturated carbocycles. The minimum Gasteiger partial charge on any atom is -0.452 e. The fraction of sp³-hybridized carbons (Fsp3) is 0.103. The molecule has 0 atom stereocenters. The molecule has 2 heterocycles. The highest BCUT2D eigenvalue weighted by atomic mass is 16.5. The second-order valence-corrected chi connectivity index (χ2v) is 17.3. The van der Waals surface area contributed by atoms with Crippen LogP contribution < -0.4 is 19.3 Å². The van der Waals surface area contributed by atoms with Gasteiger partial charge in [0.05, 0.1) is 46.3 Å². The van der Waals surface area contributed by atoms with E-state index in [2.05, 4.69) is 130 Å². The molecule has 0 radical (unpaired) electrons. The first kappa shape index (κ1) is 36.3. The van der Waals surface area contributed by atoms with Gasteiger partial charge in [-0.3, -0.25) is 0 Å². The van der Waals surface area contributed by atoms with Crippen molar-refractivity contribution in [3.63, 3.8) is 0 Å². The van der Waals surface area contributed by atoms with Crippen molar-refractivity contribution in [3.05, 3.63) is 198 Å². The zero-order chi connectivity index (χ0) is 42.5. The molecule has 3 aliphatic carbocycles. The van der Waals surface area contributed by atoms with Gasteiger partial charge in [0.25, 0.3) is 0 Å². The molecule has 6 nitrogen and oxygen atoms in total. The van der Waals surface area contributed by atoms with Crippen LogP contribution in [0.5, 0.6) is 23.0 Å². The standard InChI is InChI=1S/C58H38N4O2/c1-60-54-53-40-22-20-39(21-23-40)52(53)45(34-59)55(61-46-28-26-41(35-12-4-2-5-13-35)32-50(46)63-57-43-18-10-8-16-37(43)24-30-48(57)61)56(54)62-47-29-27-42(36-14-6-3-7-15-36)33-51(47)64-58-44-19-11-9-17-38(44)25-31-49(58)62/h2-19,24-33,39-40H,20-23H2. The van der Waals surface area contributed by atoms with Crippen LogP contribution >= 0.6 is 0 Å². The van der Waals surface area contributed by atoms with Gasteiger partial charge in [-0.1, -0.05) is 133 Å². The lowest BCUT2D eigenvalue weighted by atomic mass is 9.64. The molecule has 1 fully saturated rings. The molecule has 64 heavy (non-hydrogen) atoms. The van der Waals surface area contributed by atoms with Gasteiger partial charge in [-0.25, -0.2) is 4.85 Å². The number of rotatable bonds is 4. The summed E-state index contributed by atoms with van der Waals surface area (Å²) in [5.41, 5.74) is 12.0. The molecule has 5 aliphatic rings. The van der Waals surface area contributed by atoms with Crippen LogP contribution in [-0.4, -0.2) is 0 Å². The van der Waals surface area contributed by atoms with Crippen molar-refractivity contribution in [3.8, 4) is 51.3 Å². The number of hydrogen-bond donors (Lipinski definition) is 0. The third kappa shape index (κ3) is 5.30. The molecule has 0 unspecified atom stereocenters. The number of fused-ring (bicyclic) bond motifs is 10. The maximum Gasteiger partial charge on any atom is 0.216 e. The number of anilines is 6. The molecule has 0 aromatic heterocycles. The van der Waals surface area contributed by atoms with Crippen molar-refractivity contribution in [2.45, 2.75) is 37.5 Å². The molecule has 6 heteroatoms. The molecule has 0 spiro atoms. The van der Waals surface area contributed by atoms with Crippen LogP contribution in [-0.2, 0) is 0 Å². The largest absolute Gasteiger partial charge is 0.452 e. The lowest BCUT2D eigenvalue weighted by Gasteiger charge is -2.45. The van der Waals surface area contributed by atoms with Gasteiger partial charge in [0.2, 0.25) is 5.69 Å². The van der Waals surface area contributed by atoms with Crippen LogP contribution in [0.2, 0.25) is 0 Å². The lowest BCUT2D eigenvalue weighted by molar-refractivity contribution is 0.359. The topological polar surface area (TPSA) is 53.1 Å². The molecule has 2 aliphatic heterocycles. The van der Waals surface area contributed by atoms with E-state index in [0.717, 1.165) is 103 Å². The summed E-state index contributed by atoms with van der Waals surface area (Å²) in [6.07, 6.45) is 4.01. The second-order valence-electron chi connectivity index (χ2n) is 17.3. The van der Waals surface area contributed by atoms with E-state index >= 15 is 0 Å². The maximum absolute atomic E-state index is 11.8. The maximum atomic E-state index is 11.8.